The highest BCUT2D eigenvalue weighted by atomic mass is 16.5. The van der Waals surface area contributed by atoms with E-state index in [1.54, 1.807) is 38.4 Å². The van der Waals surface area contributed by atoms with E-state index in [1.165, 1.54) is 12.2 Å². The molecule has 0 aliphatic heterocycles. The van der Waals surface area contributed by atoms with Crippen LogP contribution in [-0.2, 0) is 25.5 Å². The molecule has 1 heterocycles. The zero-order valence-corrected chi connectivity index (χ0v) is 15.6. The highest BCUT2D eigenvalue weighted by molar-refractivity contribution is 5.88. The Bertz CT molecular complexity index is 779. The summed E-state index contributed by atoms with van der Waals surface area (Å²) >= 11 is 0. The van der Waals surface area contributed by atoms with E-state index < -0.39 is 0 Å². The molecule has 0 atom stereocenters. The van der Waals surface area contributed by atoms with Gasteiger partial charge in [-0.3, -0.25) is 4.98 Å². The summed E-state index contributed by atoms with van der Waals surface area (Å²) in [4.78, 5) is 27.2. The van der Waals surface area contributed by atoms with Crippen molar-refractivity contribution in [3.63, 3.8) is 0 Å². The van der Waals surface area contributed by atoms with E-state index in [-0.39, 0.29) is 11.9 Å². The van der Waals surface area contributed by atoms with Crippen molar-refractivity contribution < 1.29 is 19.1 Å². The zero-order chi connectivity index (χ0) is 19.5. The average Bonchev–Trinajstić information content (AvgIpc) is 2.66. The van der Waals surface area contributed by atoms with Gasteiger partial charge in [0.05, 0.1) is 13.2 Å². The minimum absolute atomic E-state index is 0.332. The molecule has 0 saturated heterocycles. The lowest BCUT2D eigenvalue weighted by Gasteiger charge is -2.06. The molecule has 5 nitrogen and oxygen atoms in total. The van der Waals surface area contributed by atoms with Crippen molar-refractivity contribution >= 4 is 24.1 Å². The summed E-state index contributed by atoms with van der Waals surface area (Å²) in [6.07, 6.45) is 10.4. The fourth-order valence-electron chi connectivity index (χ4n) is 2.49. The molecule has 0 unspecified atom stereocenters. The fourth-order valence-corrected chi connectivity index (χ4v) is 2.49. The van der Waals surface area contributed by atoms with Crippen molar-refractivity contribution in [2.75, 3.05) is 13.2 Å². The molecule has 0 fully saturated rings. The number of rotatable bonds is 8. The Hall–Kier alpha value is -3.21. The van der Waals surface area contributed by atoms with Crippen molar-refractivity contribution in [2.45, 2.75) is 20.3 Å². The second-order valence-electron chi connectivity index (χ2n) is 5.71. The number of hydrogen-bond acceptors (Lipinski definition) is 5. The predicted molar refractivity (Wildman–Crippen MR) is 105 cm³/mol. The van der Waals surface area contributed by atoms with E-state index in [1.807, 2.05) is 30.3 Å². The Balaban J connectivity index is 2.28. The second kappa shape index (κ2) is 10.7. The number of pyridine rings is 1. The molecule has 1 aromatic carbocycles. The first kappa shape index (κ1) is 20.1. The summed E-state index contributed by atoms with van der Waals surface area (Å²) in [7, 11) is 0. The van der Waals surface area contributed by atoms with Gasteiger partial charge in [-0.1, -0.05) is 12.1 Å². The highest BCUT2D eigenvalue weighted by Crippen LogP contribution is 2.17. The number of aromatic nitrogens is 1. The summed E-state index contributed by atoms with van der Waals surface area (Å²) in [5.41, 5.74) is 3.86. The summed E-state index contributed by atoms with van der Waals surface area (Å²) in [6, 6.07) is 9.79. The first-order valence-corrected chi connectivity index (χ1v) is 8.83. The molecule has 2 aromatic rings. The Morgan fingerprint density at radius 2 is 1.37 bits per heavy atom. The number of hydrogen-bond donors (Lipinski definition) is 0. The molecule has 2 rings (SSSR count). The van der Waals surface area contributed by atoms with Gasteiger partial charge in [0.2, 0.25) is 0 Å². The van der Waals surface area contributed by atoms with E-state index in [0.29, 0.717) is 19.6 Å². The summed E-state index contributed by atoms with van der Waals surface area (Å²) in [5, 5.41) is 0. The number of carbonyl (C=O) groups is 2. The van der Waals surface area contributed by atoms with Crippen LogP contribution in [0.15, 0.2) is 54.9 Å². The van der Waals surface area contributed by atoms with Crippen molar-refractivity contribution in [1.29, 1.82) is 0 Å². The molecule has 5 heteroatoms. The van der Waals surface area contributed by atoms with Crippen molar-refractivity contribution in [3.05, 3.63) is 77.1 Å². The van der Waals surface area contributed by atoms with Crippen LogP contribution in [0, 0.1) is 0 Å². The number of carbonyl (C=O) groups excluding carboxylic acids is 2. The Labute approximate surface area is 159 Å². The summed E-state index contributed by atoms with van der Waals surface area (Å²) in [5.74, 6) is -0.777. The third-order valence-electron chi connectivity index (χ3n) is 3.59. The SMILES string of the molecule is CCOC(=O)C=Cc1cc(C=CC(=O)OCC)cc(Cc2ccncc2)c1. The normalized spacial score (nSPS) is 11.0. The van der Waals surface area contributed by atoms with Gasteiger partial charge in [-0.05, 0) is 72.9 Å². The maximum Gasteiger partial charge on any atom is 0.330 e. The van der Waals surface area contributed by atoms with Crippen LogP contribution in [0.4, 0.5) is 0 Å². The van der Waals surface area contributed by atoms with Gasteiger partial charge in [-0.15, -0.1) is 0 Å². The minimum Gasteiger partial charge on any atom is -0.463 e. The lowest BCUT2D eigenvalue weighted by atomic mass is 9.99. The number of ether oxygens (including phenoxy) is 2. The highest BCUT2D eigenvalue weighted by Gasteiger charge is 2.02. The van der Waals surface area contributed by atoms with Crippen LogP contribution < -0.4 is 0 Å². The molecule has 0 N–H and O–H groups in total. The standard InChI is InChI=1S/C22H23NO4/c1-3-26-21(24)7-5-18-14-19(6-8-22(25)27-4-2)16-20(15-18)13-17-9-11-23-12-10-17/h5-12,14-16H,3-4,13H2,1-2H3. The van der Waals surface area contributed by atoms with Crippen molar-refractivity contribution in [1.82, 2.24) is 4.98 Å². The molecular formula is C22H23NO4. The Morgan fingerprint density at radius 1 is 0.852 bits per heavy atom. The first-order valence-electron chi connectivity index (χ1n) is 8.83. The van der Waals surface area contributed by atoms with Crippen LogP contribution in [0.3, 0.4) is 0 Å². The Morgan fingerprint density at radius 3 is 1.85 bits per heavy atom. The van der Waals surface area contributed by atoms with Gasteiger partial charge in [0.25, 0.3) is 0 Å². The maximum atomic E-state index is 11.6. The summed E-state index contributed by atoms with van der Waals surface area (Å²) in [6.45, 7) is 4.19. The van der Waals surface area contributed by atoms with E-state index in [0.717, 1.165) is 22.3 Å². The van der Waals surface area contributed by atoms with Crippen LogP contribution >= 0.6 is 0 Å². The third-order valence-corrected chi connectivity index (χ3v) is 3.59. The van der Waals surface area contributed by atoms with Gasteiger partial charge < -0.3 is 9.47 Å². The van der Waals surface area contributed by atoms with Crippen LogP contribution in [0.5, 0.6) is 0 Å². The van der Waals surface area contributed by atoms with Gasteiger partial charge in [0, 0.05) is 24.5 Å². The van der Waals surface area contributed by atoms with E-state index >= 15 is 0 Å². The van der Waals surface area contributed by atoms with Gasteiger partial charge in [-0.25, -0.2) is 9.59 Å². The second-order valence-corrected chi connectivity index (χ2v) is 5.71. The molecule has 0 bridgehead atoms. The van der Waals surface area contributed by atoms with E-state index in [9.17, 15) is 9.59 Å². The Kier molecular flexibility index (Phi) is 7.97. The molecule has 140 valence electrons. The molecule has 0 amide bonds. The van der Waals surface area contributed by atoms with Gasteiger partial charge in [0.15, 0.2) is 0 Å². The molecule has 27 heavy (non-hydrogen) atoms. The van der Waals surface area contributed by atoms with Crippen LogP contribution in [0.1, 0.15) is 36.1 Å². The van der Waals surface area contributed by atoms with Crippen molar-refractivity contribution in [2.24, 2.45) is 0 Å². The van der Waals surface area contributed by atoms with Gasteiger partial charge >= 0.3 is 11.9 Å². The number of nitrogens with zero attached hydrogens (tertiary/aromatic N) is 1. The molecule has 1 aromatic heterocycles. The maximum absolute atomic E-state index is 11.6. The molecular weight excluding hydrogens is 342 g/mol. The zero-order valence-electron chi connectivity index (χ0n) is 15.6. The average molecular weight is 365 g/mol. The third kappa shape index (κ3) is 7.28. The topological polar surface area (TPSA) is 65.5 Å². The molecule has 0 saturated carbocycles. The van der Waals surface area contributed by atoms with Crippen LogP contribution in [0.25, 0.3) is 12.2 Å². The number of benzene rings is 1. The quantitative estimate of drug-likeness (QED) is 0.525. The largest absolute Gasteiger partial charge is 0.463 e. The summed E-state index contributed by atoms with van der Waals surface area (Å²) < 4.78 is 9.84. The number of esters is 2. The molecule has 0 spiro atoms. The lowest BCUT2D eigenvalue weighted by Crippen LogP contribution is -1.99. The molecule has 0 aliphatic carbocycles. The predicted octanol–water partition coefficient (Wildman–Crippen LogP) is 3.83. The van der Waals surface area contributed by atoms with Gasteiger partial charge in [-0.2, -0.15) is 0 Å². The van der Waals surface area contributed by atoms with Crippen molar-refractivity contribution in [3.8, 4) is 0 Å². The molecule has 0 radical (unpaired) electrons. The fraction of sp³-hybridized carbons (Fsp3) is 0.227. The van der Waals surface area contributed by atoms with Crippen LogP contribution in [-0.4, -0.2) is 30.1 Å². The monoisotopic (exact) mass is 365 g/mol. The first-order chi connectivity index (χ1) is 13.1. The van der Waals surface area contributed by atoms with E-state index in [4.69, 9.17) is 9.47 Å². The van der Waals surface area contributed by atoms with Crippen LogP contribution in [0.2, 0.25) is 0 Å². The van der Waals surface area contributed by atoms with E-state index in [2.05, 4.69) is 4.98 Å². The molecule has 0 aliphatic rings. The minimum atomic E-state index is -0.388. The lowest BCUT2D eigenvalue weighted by molar-refractivity contribution is -0.138. The van der Waals surface area contributed by atoms with Gasteiger partial charge in [0.1, 0.15) is 0 Å². The smallest absolute Gasteiger partial charge is 0.330 e.